The van der Waals surface area contributed by atoms with Gasteiger partial charge in [-0.15, -0.1) is 0 Å². The lowest BCUT2D eigenvalue weighted by Gasteiger charge is -2.08. The van der Waals surface area contributed by atoms with Gasteiger partial charge in [-0.3, -0.25) is 0 Å². The van der Waals surface area contributed by atoms with Gasteiger partial charge in [-0.05, 0) is 62.9 Å². The molecule has 0 radical (unpaired) electrons. The van der Waals surface area contributed by atoms with Crippen molar-refractivity contribution >= 4 is 33.1 Å². The first-order chi connectivity index (χ1) is 11.2. The van der Waals surface area contributed by atoms with Crippen molar-refractivity contribution in [1.82, 2.24) is 0 Å². The monoisotopic (exact) mass is 316 g/mol. The molecule has 23 heavy (non-hydrogen) atoms. The highest BCUT2D eigenvalue weighted by atomic mass is 35.5. The zero-order valence-corrected chi connectivity index (χ0v) is 13.8. The zero-order valence-electron chi connectivity index (χ0n) is 13.0. The lowest BCUT2D eigenvalue weighted by atomic mass is 9.96. The molecule has 0 bridgehead atoms. The third-order valence-electron chi connectivity index (χ3n) is 4.49. The summed E-state index contributed by atoms with van der Waals surface area (Å²) < 4.78 is 0. The summed E-state index contributed by atoms with van der Waals surface area (Å²) in [5.74, 6) is 0. The minimum absolute atomic E-state index is 0.771. The molecule has 0 aromatic heterocycles. The van der Waals surface area contributed by atoms with Crippen molar-refractivity contribution in [1.29, 1.82) is 0 Å². The normalized spacial score (nSPS) is 11.2. The van der Waals surface area contributed by atoms with Gasteiger partial charge in [0.25, 0.3) is 0 Å². The van der Waals surface area contributed by atoms with Crippen LogP contribution >= 0.6 is 11.6 Å². The molecule has 112 valence electrons. The van der Waals surface area contributed by atoms with E-state index in [4.69, 9.17) is 11.6 Å². The smallest absolute Gasteiger partial charge is 0.0406 e. The molecule has 4 aromatic rings. The van der Waals surface area contributed by atoms with E-state index in [9.17, 15) is 0 Å². The third-order valence-corrected chi connectivity index (χ3v) is 4.74. The average molecular weight is 317 g/mol. The van der Waals surface area contributed by atoms with E-state index >= 15 is 0 Å². The first-order valence-corrected chi connectivity index (χ1v) is 8.34. The Bertz CT molecular complexity index is 997. The van der Waals surface area contributed by atoms with E-state index in [1.54, 1.807) is 0 Å². The van der Waals surface area contributed by atoms with E-state index in [-0.39, 0.29) is 0 Å². The van der Waals surface area contributed by atoms with Gasteiger partial charge in [0.2, 0.25) is 0 Å². The minimum atomic E-state index is 0.771. The number of aryl methyl sites for hydroxylation is 1. The zero-order chi connectivity index (χ0) is 15.8. The highest BCUT2D eigenvalue weighted by Gasteiger charge is 2.04. The highest BCUT2D eigenvalue weighted by Crippen LogP contribution is 2.30. The molecule has 0 atom stereocenters. The Morgan fingerprint density at radius 3 is 1.96 bits per heavy atom. The van der Waals surface area contributed by atoms with Crippen LogP contribution in [0.15, 0.2) is 72.8 Å². The molecule has 0 amide bonds. The van der Waals surface area contributed by atoms with Gasteiger partial charge in [-0.1, -0.05) is 73.1 Å². The molecular formula is C22H17Cl. The molecule has 1 heteroatoms. The Morgan fingerprint density at radius 2 is 1.26 bits per heavy atom. The Labute approximate surface area is 141 Å². The van der Waals surface area contributed by atoms with Crippen LogP contribution in [0.1, 0.15) is 12.5 Å². The van der Waals surface area contributed by atoms with Crippen molar-refractivity contribution in [3.8, 4) is 11.1 Å². The number of hydrogen-bond donors (Lipinski definition) is 0. The van der Waals surface area contributed by atoms with Crippen molar-refractivity contribution < 1.29 is 0 Å². The second-order valence-corrected chi connectivity index (χ2v) is 6.35. The van der Waals surface area contributed by atoms with Crippen LogP contribution < -0.4 is 0 Å². The van der Waals surface area contributed by atoms with Crippen molar-refractivity contribution in [2.24, 2.45) is 0 Å². The average Bonchev–Trinajstić information content (AvgIpc) is 2.61. The summed E-state index contributed by atoms with van der Waals surface area (Å²) in [5, 5.41) is 5.99. The number of fused-ring (bicyclic) bond motifs is 3. The number of rotatable bonds is 2. The molecule has 0 unspecified atom stereocenters. The van der Waals surface area contributed by atoms with Crippen LogP contribution in [0, 0.1) is 0 Å². The minimum Gasteiger partial charge on any atom is -0.0843 e. The molecule has 0 N–H and O–H groups in total. The molecule has 0 heterocycles. The summed E-state index contributed by atoms with van der Waals surface area (Å²) in [4.78, 5) is 0. The summed E-state index contributed by atoms with van der Waals surface area (Å²) in [6.45, 7) is 2.20. The van der Waals surface area contributed by atoms with E-state index in [1.165, 1.54) is 38.2 Å². The molecule has 0 nitrogen and oxygen atoms in total. The maximum Gasteiger partial charge on any atom is 0.0406 e. The van der Waals surface area contributed by atoms with E-state index in [2.05, 4.69) is 67.6 Å². The maximum atomic E-state index is 5.98. The topological polar surface area (TPSA) is 0 Å². The lowest BCUT2D eigenvalue weighted by molar-refractivity contribution is 1.15. The molecular weight excluding hydrogens is 300 g/mol. The first-order valence-electron chi connectivity index (χ1n) is 7.96. The number of benzene rings is 4. The van der Waals surface area contributed by atoms with Crippen LogP contribution in [-0.4, -0.2) is 0 Å². The molecule has 4 rings (SSSR count). The van der Waals surface area contributed by atoms with E-state index < -0.39 is 0 Å². The van der Waals surface area contributed by atoms with Gasteiger partial charge in [0.15, 0.2) is 0 Å². The third kappa shape index (κ3) is 2.60. The number of halogens is 1. The standard InChI is InChI=1S/C22H17Cl/c1-2-15-3-11-21-18(13-15)4-5-19-14-17(8-12-22(19)21)16-6-9-20(23)10-7-16/h3-14H,2H2,1H3. The Hall–Kier alpha value is -2.31. The van der Waals surface area contributed by atoms with Gasteiger partial charge >= 0.3 is 0 Å². The molecule has 4 aromatic carbocycles. The predicted molar refractivity (Wildman–Crippen MR) is 101 cm³/mol. The van der Waals surface area contributed by atoms with Gasteiger partial charge in [0.1, 0.15) is 0 Å². The van der Waals surface area contributed by atoms with E-state index in [0.717, 1.165) is 11.4 Å². The molecule has 0 fully saturated rings. The second-order valence-electron chi connectivity index (χ2n) is 5.92. The summed E-state index contributed by atoms with van der Waals surface area (Å²) >= 11 is 5.98. The SMILES string of the molecule is CCc1ccc2c(ccc3cc(-c4ccc(Cl)cc4)ccc32)c1. The molecule has 0 saturated carbocycles. The largest absolute Gasteiger partial charge is 0.0843 e. The van der Waals surface area contributed by atoms with Crippen molar-refractivity contribution in [2.75, 3.05) is 0 Å². The molecule has 0 saturated heterocycles. The fraction of sp³-hybridized carbons (Fsp3) is 0.0909. The quantitative estimate of drug-likeness (QED) is 0.354. The van der Waals surface area contributed by atoms with Crippen LogP contribution in [0.25, 0.3) is 32.7 Å². The fourth-order valence-corrected chi connectivity index (χ4v) is 3.29. The van der Waals surface area contributed by atoms with Crippen LogP contribution in [0.3, 0.4) is 0 Å². The van der Waals surface area contributed by atoms with Gasteiger partial charge in [0.05, 0.1) is 0 Å². The summed E-state index contributed by atoms with van der Waals surface area (Å²) in [7, 11) is 0. The summed E-state index contributed by atoms with van der Waals surface area (Å²) in [5.41, 5.74) is 3.80. The van der Waals surface area contributed by atoms with Crippen molar-refractivity contribution in [3.05, 3.63) is 83.4 Å². The number of hydrogen-bond acceptors (Lipinski definition) is 0. The van der Waals surface area contributed by atoms with Gasteiger partial charge in [0, 0.05) is 5.02 Å². The van der Waals surface area contributed by atoms with Crippen LogP contribution in [0.4, 0.5) is 0 Å². The van der Waals surface area contributed by atoms with Gasteiger partial charge < -0.3 is 0 Å². The summed E-state index contributed by atoms with van der Waals surface area (Å²) in [6.07, 6.45) is 1.07. The lowest BCUT2D eigenvalue weighted by Crippen LogP contribution is -1.84. The predicted octanol–water partition coefficient (Wildman–Crippen LogP) is 6.88. The molecule has 0 aliphatic heterocycles. The molecule has 0 aliphatic rings. The van der Waals surface area contributed by atoms with Crippen LogP contribution in [0.5, 0.6) is 0 Å². The van der Waals surface area contributed by atoms with E-state index in [1.807, 2.05) is 12.1 Å². The Morgan fingerprint density at radius 1 is 0.652 bits per heavy atom. The van der Waals surface area contributed by atoms with Crippen molar-refractivity contribution in [3.63, 3.8) is 0 Å². The molecule has 0 aliphatic carbocycles. The van der Waals surface area contributed by atoms with Gasteiger partial charge in [-0.2, -0.15) is 0 Å². The first kappa shape index (κ1) is 14.3. The Balaban J connectivity index is 1.89. The molecule has 0 spiro atoms. The van der Waals surface area contributed by atoms with E-state index in [0.29, 0.717) is 0 Å². The Kier molecular flexibility index (Phi) is 3.55. The summed E-state index contributed by atoms with van der Waals surface area (Å²) in [6, 6.07) is 25.9. The highest BCUT2D eigenvalue weighted by molar-refractivity contribution is 6.30. The van der Waals surface area contributed by atoms with Crippen LogP contribution in [0.2, 0.25) is 5.02 Å². The second kappa shape index (κ2) is 5.72. The van der Waals surface area contributed by atoms with Crippen molar-refractivity contribution in [2.45, 2.75) is 13.3 Å². The fourth-order valence-electron chi connectivity index (χ4n) is 3.16. The van der Waals surface area contributed by atoms with Gasteiger partial charge in [-0.25, -0.2) is 0 Å². The van der Waals surface area contributed by atoms with Crippen LogP contribution in [-0.2, 0) is 6.42 Å². The maximum absolute atomic E-state index is 5.98.